The molecule has 2 N–H and O–H groups in total. The van der Waals surface area contributed by atoms with Crippen LogP contribution in [-0.4, -0.2) is 23.6 Å². The molecule has 0 spiro atoms. The Balaban J connectivity index is 1.66. The predicted octanol–water partition coefficient (Wildman–Crippen LogP) is 6.38. The molecule has 0 unspecified atom stereocenters. The van der Waals surface area contributed by atoms with Gasteiger partial charge in [0.25, 0.3) is 0 Å². The summed E-state index contributed by atoms with van der Waals surface area (Å²) in [5.41, 5.74) is 6.68. The maximum absolute atomic E-state index is 12.6. The summed E-state index contributed by atoms with van der Waals surface area (Å²) in [6.45, 7) is 9.03. The normalized spacial score (nSPS) is 16.8. The fourth-order valence-electron chi connectivity index (χ4n) is 4.97. The molecule has 6 heteroatoms. The first-order valence-electron chi connectivity index (χ1n) is 12.8. The highest BCUT2D eigenvalue weighted by Gasteiger charge is 2.32. The number of rotatable bonds is 7. The number of anilines is 3. The molecule has 0 saturated carbocycles. The van der Waals surface area contributed by atoms with E-state index >= 15 is 0 Å². The number of hydrogen-bond acceptors (Lipinski definition) is 4. The van der Waals surface area contributed by atoms with Crippen LogP contribution in [-0.2, 0) is 20.8 Å². The van der Waals surface area contributed by atoms with Gasteiger partial charge in [0.1, 0.15) is 5.78 Å². The van der Waals surface area contributed by atoms with E-state index in [0.717, 1.165) is 45.7 Å². The summed E-state index contributed by atoms with van der Waals surface area (Å²) in [5, 5.41) is 6.51. The van der Waals surface area contributed by atoms with Crippen molar-refractivity contribution < 1.29 is 14.4 Å². The van der Waals surface area contributed by atoms with E-state index in [1.54, 1.807) is 6.92 Å². The van der Waals surface area contributed by atoms with Crippen molar-refractivity contribution in [2.45, 2.75) is 59.5 Å². The van der Waals surface area contributed by atoms with Crippen LogP contribution >= 0.6 is 0 Å². The summed E-state index contributed by atoms with van der Waals surface area (Å²) in [6.07, 6.45) is 1.20. The first-order chi connectivity index (χ1) is 17.6. The minimum Gasteiger partial charge on any atom is -0.378 e. The van der Waals surface area contributed by atoms with Crippen LogP contribution in [0.2, 0.25) is 0 Å². The van der Waals surface area contributed by atoms with E-state index in [4.69, 9.17) is 0 Å². The summed E-state index contributed by atoms with van der Waals surface area (Å²) in [7, 11) is 0. The molecule has 2 amide bonds. The molecule has 1 aliphatic heterocycles. The minimum absolute atomic E-state index is 0.00206. The average molecular weight is 498 g/mol. The van der Waals surface area contributed by atoms with Crippen molar-refractivity contribution in [3.8, 4) is 11.1 Å². The Morgan fingerprint density at radius 3 is 2.27 bits per heavy atom. The van der Waals surface area contributed by atoms with Crippen LogP contribution in [0, 0.1) is 5.92 Å². The van der Waals surface area contributed by atoms with Crippen molar-refractivity contribution in [1.29, 1.82) is 0 Å². The molecule has 3 aromatic rings. The number of Topliss-reactive ketones (excluding diaryl/α,β-unsaturated/α-hetero) is 1. The molecule has 0 saturated heterocycles. The standard InChI is InChI=1S/C31H35N3O3/c1-19(2)31(37)16-23-9-12-26(13-10-23)33-29-15-20(3)34(22(5)36)30-14-11-25(18-28(29)30)24-7-6-8-27(17-24)32-21(4)35/h6-14,17-20,29,33H,15-16H2,1-5H3,(H,32,35)/t20-,29+/m0/s1. The predicted molar refractivity (Wildman–Crippen MR) is 150 cm³/mol. The van der Waals surface area contributed by atoms with Crippen LogP contribution in [0.3, 0.4) is 0 Å². The Kier molecular flexibility index (Phi) is 7.77. The van der Waals surface area contributed by atoms with Crippen LogP contribution in [0.4, 0.5) is 17.1 Å². The van der Waals surface area contributed by atoms with Gasteiger partial charge in [-0.05, 0) is 72.0 Å². The third-order valence-electron chi connectivity index (χ3n) is 6.85. The quantitative estimate of drug-likeness (QED) is 0.397. The minimum atomic E-state index is -0.113. The Bertz CT molecular complexity index is 1310. The van der Waals surface area contributed by atoms with Gasteiger partial charge >= 0.3 is 0 Å². The van der Waals surface area contributed by atoms with Crippen LogP contribution in [0.25, 0.3) is 11.1 Å². The summed E-state index contributed by atoms with van der Waals surface area (Å²) < 4.78 is 0. The van der Waals surface area contributed by atoms with E-state index in [0.29, 0.717) is 6.42 Å². The van der Waals surface area contributed by atoms with E-state index in [2.05, 4.69) is 23.6 Å². The molecule has 0 aromatic heterocycles. The molecule has 0 bridgehead atoms. The fourth-order valence-corrected chi connectivity index (χ4v) is 4.97. The third kappa shape index (κ3) is 6.08. The molecule has 0 radical (unpaired) electrons. The number of hydrogen-bond donors (Lipinski definition) is 2. The molecule has 2 atom stereocenters. The summed E-state index contributed by atoms with van der Waals surface area (Å²) in [6, 6.07) is 22.0. The SMILES string of the molecule is CC(=O)Nc1cccc(-c2ccc3c(c2)[C@H](Nc2ccc(CC(=O)C(C)C)cc2)C[C@H](C)N3C(C)=O)c1. The van der Waals surface area contributed by atoms with Crippen molar-refractivity contribution in [2.75, 3.05) is 15.5 Å². The van der Waals surface area contributed by atoms with Gasteiger partial charge in [0.05, 0.1) is 6.04 Å². The highest BCUT2D eigenvalue weighted by atomic mass is 16.2. The molecule has 6 nitrogen and oxygen atoms in total. The van der Waals surface area contributed by atoms with Gasteiger partial charge in [-0.1, -0.05) is 44.2 Å². The zero-order valence-electron chi connectivity index (χ0n) is 22.2. The number of ketones is 1. The van der Waals surface area contributed by atoms with E-state index < -0.39 is 0 Å². The second kappa shape index (κ2) is 11.0. The topological polar surface area (TPSA) is 78.5 Å². The van der Waals surface area contributed by atoms with E-state index in [9.17, 15) is 14.4 Å². The fraction of sp³-hybridized carbons (Fsp3) is 0.323. The van der Waals surface area contributed by atoms with Crippen molar-refractivity contribution in [3.05, 3.63) is 77.9 Å². The number of carbonyl (C=O) groups is 3. The van der Waals surface area contributed by atoms with Crippen molar-refractivity contribution in [3.63, 3.8) is 0 Å². The van der Waals surface area contributed by atoms with E-state index in [1.165, 1.54) is 6.92 Å². The number of benzene rings is 3. The van der Waals surface area contributed by atoms with Gasteiger partial charge in [-0.25, -0.2) is 0 Å². The highest BCUT2D eigenvalue weighted by molar-refractivity contribution is 5.94. The van der Waals surface area contributed by atoms with Crippen LogP contribution in [0.15, 0.2) is 66.7 Å². The van der Waals surface area contributed by atoms with Gasteiger partial charge in [-0.2, -0.15) is 0 Å². The van der Waals surface area contributed by atoms with Crippen LogP contribution in [0.5, 0.6) is 0 Å². The molecule has 0 fully saturated rings. The lowest BCUT2D eigenvalue weighted by atomic mass is 9.88. The highest BCUT2D eigenvalue weighted by Crippen LogP contribution is 2.41. The lowest BCUT2D eigenvalue weighted by Crippen LogP contribution is -2.43. The maximum atomic E-state index is 12.6. The molecular formula is C31H35N3O3. The first-order valence-corrected chi connectivity index (χ1v) is 12.8. The lowest BCUT2D eigenvalue weighted by Gasteiger charge is -2.39. The molecule has 1 heterocycles. The lowest BCUT2D eigenvalue weighted by molar-refractivity contribution is -0.121. The summed E-state index contributed by atoms with van der Waals surface area (Å²) >= 11 is 0. The number of fused-ring (bicyclic) bond motifs is 1. The second-order valence-corrected chi connectivity index (χ2v) is 10.2. The first kappa shape index (κ1) is 26.1. The Labute approximate surface area is 219 Å². The zero-order valence-corrected chi connectivity index (χ0v) is 22.2. The van der Waals surface area contributed by atoms with Gasteiger partial charge in [0.15, 0.2) is 0 Å². The van der Waals surface area contributed by atoms with Gasteiger partial charge < -0.3 is 15.5 Å². The number of nitrogens with one attached hydrogen (secondary N) is 2. The number of nitrogens with zero attached hydrogens (tertiary/aromatic N) is 1. The Hall–Kier alpha value is -3.93. The van der Waals surface area contributed by atoms with E-state index in [1.807, 2.05) is 79.4 Å². The van der Waals surface area contributed by atoms with Gasteiger partial charge in [0.2, 0.25) is 11.8 Å². The van der Waals surface area contributed by atoms with Gasteiger partial charge in [0, 0.05) is 49.3 Å². The second-order valence-electron chi connectivity index (χ2n) is 10.2. The molecule has 0 aliphatic carbocycles. The molecule has 4 rings (SSSR count). The molecule has 3 aromatic carbocycles. The maximum Gasteiger partial charge on any atom is 0.224 e. The zero-order chi connectivity index (χ0) is 26.7. The number of amides is 2. The van der Waals surface area contributed by atoms with Crippen LogP contribution in [0.1, 0.15) is 58.2 Å². The molecular weight excluding hydrogens is 462 g/mol. The number of carbonyl (C=O) groups excluding carboxylic acids is 3. The van der Waals surface area contributed by atoms with Crippen molar-refractivity contribution >= 4 is 34.7 Å². The van der Waals surface area contributed by atoms with Gasteiger partial charge in [-0.3, -0.25) is 14.4 Å². The molecule has 37 heavy (non-hydrogen) atoms. The van der Waals surface area contributed by atoms with Crippen LogP contribution < -0.4 is 15.5 Å². The van der Waals surface area contributed by atoms with E-state index in [-0.39, 0.29) is 35.6 Å². The summed E-state index contributed by atoms with van der Waals surface area (Å²) in [4.78, 5) is 38.1. The Morgan fingerprint density at radius 1 is 0.919 bits per heavy atom. The third-order valence-corrected chi connectivity index (χ3v) is 6.85. The van der Waals surface area contributed by atoms with Crippen molar-refractivity contribution in [1.82, 2.24) is 0 Å². The average Bonchev–Trinajstić information content (AvgIpc) is 2.84. The van der Waals surface area contributed by atoms with Crippen molar-refractivity contribution in [2.24, 2.45) is 5.92 Å². The molecule has 1 aliphatic rings. The summed E-state index contributed by atoms with van der Waals surface area (Å²) in [5.74, 6) is 0.162. The smallest absolute Gasteiger partial charge is 0.224 e. The Morgan fingerprint density at radius 2 is 1.62 bits per heavy atom. The largest absolute Gasteiger partial charge is 0.378 e. The van der Waals surface area contributed by atoms with Gasteiger partial charge in [-0.15, -0.1) is 0 Å². The molecule has 192 valence electrons. The monoisotopic (exact) mass is 497 g/mol.